The van der Waals surface area contributed by atoms with Crippen LogP contribution in [0.1, 0.15) is 5.69 Å². The Morgan fingerprint density at radius 2 is 2.00 bits per heavy atom. The van der Waals surface area contributed by atoms with Gasteiger partial charge in [-0.25, -0.2) is 9.97 Å². The minimum absolute atomic E-state index is 0.0173. The maximum Gasteiger partial charge on any atom is 0.311 e. The lowest BCUT2D eigenvalue weighted by Crippen LogP contribution is -2.23. The highest BCUT2D eigenvalue weighted by molar-refractivity contribution is 7.98. The number of fused-ring (bicyclic) bond motifs is 1. The molecule has 2 N–H and O–H groups in total. The molecule has 0 fully saturated rings. The molecule has 19 heavy (non-hydrogen) atoms. The highest BCUT2D eigenvalue weighted by Crippen LogP contribution is 2.08. The highest BCUT2D eigenvalue weighted by atomic mass is 32.2. The molecule has 100 valence electrons. The van der Waals surface area contributed by atoms with E-state index in [1.165, 1.54) is 18.9 Å². The molecule has 0 spiro atoms. The Hall–Kier alpha value is -2.16. The molecule has 2 aromatic rings. The van der Waals surface area contributed by atoms with Gasteiger partial charge in [-0.3, -0.25) is 19.4 Å². The van der Waals surface area contributed by atoms with Crippen LogP contribution in [0.2, 0.25) is 0 Å². The quantitative estimate of drug-likeness (QED) is 0.440. The summed E-state index contributed by atoms with van der Waals surface area (Å²) in [6, 6.07) is 0. The molecule has 8 nitrogen and oxygen atoms in total. The van der Waals surface area contributed by atoms with Crippen molar-refractivity contribution in [3.05, 3.63) is 26.4 Å². The second-order valence-corrected chi connectivity index (χ2v) is 4.33. The largest absolute Gasteiger partial charge is 0.469 e. The van der Waals surface area contributed by atoms with Crippen LogP contribution in [0.4, 0.5) is 0 Å². The lowest BCUT2D eigenvalue weighted by molar-refractivity contribution is -0.139. The number of H-pyrrole nitrogens is 2. The van der Waals surface area contributed by atoms with Gasteiger partial charge in [-0.2, -0.15) is 0 Å². The van der Waals surface area contributed by atoms with Crippen molar-refractivity contribution >= 4 is 28.9 Å². The van der Waals surface area contributed by atoms with E-state index in [4.69, 9.17) is 0 Å². The van der Waals surface area contributed by atoms with Gasteiger partial charge >= 0.3 is 5.97 Å². The number of thioether (sulfide) groups is 1. The number of hydrogen-bond acceptors (Lipinski definition) is 7. The predicted molar refractivity (Wildman–Crippen MR) is 68.3 cm³/mol. The van der Waals surface area contributed by atoms with E-state index in [1.807, 2.05) is 0 Å². The second-order valence-electron chi connectivity index (χ2n) is 3.54. The number of aromatic nitrogens is 4. The Balaban J connectivity index is 2.63. The summed E-state index contributed by atoms with van der Waals surface area (Å²) < 4.78 is 4.45. The highest BCUT2D eigenvalue weighted by Gasteiger charge is 2.13. The van der Waals surface area contributed by atoms with Gasteiger partial charge in [0.15, 0.2) is 16.3 Å². The summed E-state index contributed by atoms with van der Waals surface area (Å²) in [6.45, 7) is 0. The Labute approximate surface area is 110 Å². The maximum absolute atomic E-state index is 11.8. The number of ether oxygens (including phenoxy) is 1. The normalized spacial score (nSPS) is 10.6. The number of nitrogens with one attached hydrogen (secondary N) is 2. The smallest absolute Gasteiger partial charge is 0.311 e. The lowest BCUT2D eigenvalue weighted by atomic mass is 10.3. The average Bonchev–Trinajstić information content (AvgIpc) is 2.39. The average molecular weight is 282 g/mol. The van der Waals surface area contributed by atoms with Crippen molar-refractivity contribution in [2.24, 2.45) is 0 Å². The molecule has 0 aliphatic carbocycles. The third-order valence-corrected chi connectivity index (χ3v) is 2.93. The van der Waals surface area contributed by atoms with E-state index in [2.05, 4.69) is 24.7 Å². The molecule has 2 rings (SSSR count). The third kappa shape index (κ3) is 2.65. The first-order valence-electron chi connectivity index (χ1n) is 5.19. The van der Waals surface area contributed by atoms with Crippen LogP contribution < -0.4 is 11.1 Å². The Bertz CT molecular complexity index is 751. The maximum atomic E-state index is 11.8. The van der Waals surface area contributed by atoms with Crippen LogP contribution in [0.25, 0.3) is 11.2 Å². The summed E-state index contributed by atoms with van der Waals surface area (Å²) in [5.41, 5.74) is -1.05. The third-order valence-electron chi connectivity index (χ3n) is 2.35. The van der Waals surface area contributed by atoms with Crippen LogP contribution in [0.15, 0.2) is 14.7 Å². The van der Waals surface area contributed by atoms with Gasteiger partial charge < -0.3 is 9.72 Å². The molecule has 0 bridgehead atoms. The molecule has 0 aliphatic heterocycles. The van der Waals surface area contributed by atoms with Gasteiger partial charge in [0.25, 0.3) is 11.1 Å². The van der Waals surface area contributed by atoms with E-state index in [9.17, 15) is 14.4 Å². The minimum Gasteiger partial charge on any atom is -0.469 e. The molecule has 0 saturated carbocycles. The number of rotatable bonds is 3. The number of nitrogens with zero attached hydrogens (tertiary/aromatic N) is 2. The summed E-state index contributed by atoms with van der Waals surface area (Å²) in [7, 11) is 1.21. The molecule has 0 atom stereocenters. The van der Waals surface area contributed by atoms with E-state index in [-0.39, 0.29) is 23.3 Å². The van der Waals surface area contributed by atoms with Gasteiger partial charge in [0.2, 0.25) is 0 Å². The molecule has 0 radical (unpaired) electrons. The number of carbonyl (C=O) groups is 1. The molecular formula is C10H10N4O4S. The second kappa shape index (κ2) is 5.22. The van der Waals surface area contributed by atoms with Crippen LogP contribution in [-0.4, -0.2) is 39.3 Å². The van der Waals surface area contributed by atoms with Gasteiger partial charge in [-0.15, -0.1) is 0 Å². The Morgan fingerprint density at radius 3 is 2.63 bits per heavy atom. The van der Waals surface area contributed by atoms with Crippen molar-refractivity contribution in [2.45, 2.75) is 11.6 Å². The first-order chi connectivity index (χ1) is 9.05. The number of methoxy groups -OCH3 is 1. The predicted octanol–water partition coefficient (Wildman–Crippen LogP) is -0.556. The van der Waals surface area contributed by atoms with Gasteiger partial charge in [-0.1, -0.05) is 11.8 Å². The monoisotopic (exact) mass is 282 g/mol. The van der Waals surface area contributed by atoms with Gasteiger partial charge in [0, 0.05) is 0 Å². The van der Waals surface area contributed by atoms with Crippen molar-refractivity contribution in [3.63, 3.8) is 0 Å². The summed E-state index contributed by atoms with van der Waals surface area (Å²) in [4.78, 5) is 47.5. The van der Waals surface area contributed by atoms with E-state index >= 15 is 0 Å². The molecule has 9 heteroatoms. The van der Waals surface area contributed by atoms with Crippen LogP contribution in [0.5, 0.6) is 0 Å². The van der Waals surface area contributed by atoms with Crippen molar-refractivity contribution in [2.75, 3.05) is 13.4 Å². The first-order valence-corrected chi connectivity index (χ1v) is 6.41. The topological polar surface area (TPSA) is 118 Å². The fourth-order valence-corrected chi connectivity index (χ4v) is 1.81. The number of aromatic amines is 2. The van der Waals surface area contributed by atoms with Crippen molar-refractivity contribution in [3.8, 4) is 0 Å². The van der Waals surface area contributed by atoms with Gasteiger partial charge in [0.1, 0.15) is 5.69 Å². The zero-order chi connectivity index (χ0) is 14.0. The standard InChI is InChI=1S/C10H10N4O4S/c1-18-5(15)3-4-8(16)12-7-6(11-4)9(17)14-10(13-7)19-2/h3H2,1-2H3,(H2,12,13,14,16,17). The van der Waals surface area contributed by atoms with Crippen molar-refractivity contribution < 1.29 is 9.53 Å². The molecule has 0 aromatic carbocycles. The van der Waals surface area contributed by atoms with Crippen LogP contribution in [0, 0.1) is 0 Å². The number of esters is 1. The summed E-state index contributed by atoms with van der Waals surface area (Å²) in [5, 5.41) is 0.371. The van der Waals surface area contributed by atoms with E-state index in [1.54, 1.807) is 6.26 Å². The molecule has 0 aliphatic rings. The van der Waals surface area contributed by atoms with E-state index in [0.717, 1.165) is 0 Å². The number of carbonyl (C=O) groups excluding carboxylic acids is 1. The SMILES string of the molecule is COC(=O)Cc1nc2c(=O)[nH]c(SC)nc2[nH]c1=O. The van der Waals surface area contributed by atoms with Crippen LogP contribution in [-0.2, 0) is 16.0 Å². The van der Waals surface area contributed by atoms with Crippen LogP contribution >= 0.6 is 11.8 Å². The summed E-state index contributed by atoms with van der Waals surface area (Å²) in [6.07, 6.45) is 1.44. The van der Waals surface area contributed by atoms with Crippen molar-refractivity contribution in [1.29, 1.82) is 0 Å². The molecular weight excluding hydrogens is 272 g/mol. The molecule has 2 aromatic heterocycles. The van der Waals surface area contributed by atoms with E-state index < -0.39 is 17.1 Å². The minimum atomic E-state index is -0.609. The molecule has 0 saturated heterocycles. The molecule has 0 amide bonds. The zero-order valence-corrected chi connectivity index (χ0v) is 11.0. The van der Waals surface area contributed by atoms with Gasteiger partial charge in [0.05, 0.1) is 13.5 Å². The zero-order valence-electron chi connectivity index (χ0n) is 10.1. The lowest BCUT2D eigenvalue weighted by Gasteiger charge is -2.02. The van der Waals surface area contributed by atoms with Crippen molar-refractivity contribution in [1.82, 2.24) is 19.9 Å². The van der Waals surface area contributed by atoms with Gasteiger partial charge in [-0.05, 0) is 6.26 Å². The fraction of sp³-hybridized carbons (Fsp3) is 0.300. The Kier molecular flexibility index (Phi) is 3.65. The first kappa shape index (κ1) is 13.3. The number of hydrogen-bond donors (Lipinski definition) is 2. The van der Waals surface area contributed by atoms with E-state index in [0.29, 0.717) is 5.16 Å². The summed E-state index contributed by atoms with van der Waals surface area (Å²) in [5.74, 6) is -0.609. The molecule has 0 unspecified atom stereocenters. The fourth-order valence-electron chi connectivity index (χ4n) is 1.43. The Morgan fingerprint density at radius 1 is 1.26 bits per heavy atom. The van der Waals surface area contributed by atoms with Crippen LogP contribution in [0.3, 0.4) is 0 Å². The molecule has 2 heterocycles. The summed E-state index contributed by atoms with van der Waals surface area (Å²) >= 11 is 1.23.